The van der Waals surface area contributed by atoms with Crippen LogP contribution in [-0.4, -0.2) is 32.7 Å². The second-order valence-corrected chi connectivity index (χ2v) is 7.52. The van der Waals surface area contributed by atoms with Gasteiger partial charge in [0.1, 0.15) is 17.3 Å². The van der Waals surface area contributed by atoms with Crippen molar-refractivity contribution >= 4 is 43.6 Å². The molecular formula is C17H17BrFNO6S. The van der Waals surface area contributed by atoms with E-state index in [0.29, 0.717) is 8.78 Å². The van der Waals surface area contributed by atoms with Gasteiger partial charge in [-0.1, -0.05) is 15.9 Å². The average Bonchev–Trinajstić information content (AvgIpc) is 2.58. The maximum Gasteiger partial charge on any atom is 0.364 e. The minimum atomic E-state index is -4.92. The number of ether oxygens (including phenoxy) is 2. The summed E-state index contributed by atoms with van der Waals surface area (Å²) in [5.41, 5.74) is 0.0503. The molecule has 0 aliphatic carbocycles. The summed E-state index contributed by atoms with van der Waals surface area (Å²) >= 11 is 3.27. The molecule has 0 saturated carbocycles. The molecule has 0 saturated heterocycles. The van der Waals surface area contributed by atoms with E-state index >= 15 is 0 Å². The van der Waals surface area contributed by atoms with Crippen LogP contribution in [0.15, 0.2) is 34.8 Å². The fourth-order valence-electron chi connectivity index (χ4n) is 2.36. The molecule has 146 valence electrons. The number of carbonyl (C=O) groups is 1. The zero-order valence-corrected chi connectivity index (χ0v) is 17.1. The van der Waals surface area contributed by atoms with Gasteiger partial charge in [-0.3, -0.25) is 4.55 Å². The van der Waals surface area contributed by atoms with Gasteiger partial charge in [0.05, 0.1) is 25.0 Å². The number of methoxy groups -OCH3 is 1. The van der Waals surface area contributed by atoms with Crippen molar-refractivity contribution in [3.63, 3.8) is 0 Å². The van der Waals surface area contributed by atoms with Crippen molar-refractivity contribution in [2.45, 2.75) is 13.8 Å². The van der Waals surface area contributed by atoms with Gasteiger partial charge in [-0.2, -0.15) is 8.42 Å². The monoisotopic (exact) mass is 461 g/mol. The Morgan fingerprint density at radius 3 is 2.44 bits per heavy atom. The van der Waals surface area contributed by atoms with Crippen LogP contribution in [0, 0.1) is 12.7 Å². The van der Waals surface area contributed by atoms with Crippen LogP contribution in [0.2, 0.25) is 0 Å². The highest BCUT2D eigenvalue weighted by molar-refractivity contribution is 9.10. The molecule has 0 aliphatic heterocycles. The first-order valence-corrected chi connectivity index (χ1v) is 9.87. The van der Waals surface area contributed by atoms with Crippen LogP contribution in [0.4, 0.5) is 15.8 Å². The zero-order chi connectivity index (χ0) is 20.4. The molecule has 0 aromatic heterocycles. The number of nitrogens with zero attached hydrogens (tertiary/aromatic N) is 1. The van der Waals surface area contributed by atoms with Crippen molar-refractivity contribution in [1.29, 1.82) is 0 Å². The molecule has 2 aromatic rings. The fourth-order valence-corrected chi connectivity index (χ4v) is 3.48. The van der Waals surface area contributed by atoms with E-state index in [0.717, 1.165) is 17.7 Å². The second kappa shape index (κ2) is 8.24. The molecule has 0 amide bonds. The quantitative estimate of drug-likeness (QED) is 0.515. The van der Waals surface area contributed by atoms with Gasteiger partial charge in [0.15, 0.2) is 0 Å². The summed E-state index contributed by atoms with van der Waals surface area (Å²) in [6.07, 6.45) is 0. The molecular weight excluding hydrogens is 445 g/mol. The molecule has 0 atom stereocenters. The lowest BCUT2D eigenvalue weighted by atomic mass is 10.1. The van der Waals surface area contributed by atoms with Crippen LogP contribution in [0.5, 0.6) is 5.75 Å². The topological polar surface area (TPSA) is 93.1 Å². The zero-order valence-electron chi connectivity index (χ0n) is 14.7. The van der Waals surface area contributed by atoms with E-state index in [1.54, 1.807) is 13.8 Å². The largest absolute Gasteiger partial charge is 0.495 e. The van der Waals surface area contributed by atoms with Crippen molar-refractivity contribution in [3.8, 4) is 5.75 Å². The Bertz CT molecular complexity index is 980. The fraction of sp³-hybridized carbons (Fsp3) is 0.235. The van der Waals surface area contributed by atoms with Crippen molar-refractivity contribution < 1.29 is 31.6 Å². The van der Waals surface area contributed by atoms with Gasteiger partial charge in [0.2, 0.25) is 0 Å². The normalized spacial score (nSPS) is 11.2. The number of halogens is 2. The van der Waals surface area contributed by atoms with E-state index < -0.39 is 27.8 Å². The summed E-state index contributed by atoms with van der Waals surface area (Å²) in [4.78, 5) is 11.7. The van der Waals surface area contributed by atoms with Crippen molar-refractivity contribution in [2.75, 3.05) is 18.0 Å². The highest BCUT2D eigenvalue weighted by Crippen LogP contribution is 2.40. The number of anilines is 2. The number of rotatable bonds is 6. The number of hydrogen-bond acceptors (Lipinski definition) is 5. The number of carbonyl (C=O) groups excluding carboxylic acids is 1. The Kier molecular flexibility index (Phi) is 6.45. The lowest BCUT2D eigenvalue weighted by Crippen LogP contribution is -2.27. The summed E-state index contributed by atoms with van der Waals surface area (Å²) in [5.74, 6) is -1.70. The third-order valence-corrected chi connectivity index (χ3v) is 5.30. The predicted molar refractivity (Wildman–Crippen MR) is 101 cm³/mol. The summed E-state index contributed by atoms with van der Waals surface area (Å²) in [7, 11) is -3.61. The minimum Gasteiger partial charge on any atom is -0.495 e. The molecule has 2 aromatic carbocycles. The van der Waals surface area contributed by atoms with E-state index in [1.165, 1.54) is 25.3 Å². The van der Waals surface area contributed by atoms with Crippen LogP contribution in [0.3, 0.4) is 0 Å². The van der Waals surface area contributed by atoms with E-state index in [2.05, 4.69) is 15.9 Å². The molecule has 10 heteroatoms. The maximum atomic E-state index is 14.7. The first-order valence-electron chi connectivity index (χ1n) is 7.68. The molecule has 2 rings (SSSR count). The molecule has 27 heavy (non-hydrogen) atoms. The standard InChI is InChI=1S/C17H17BrFNO6S/c1-4-26-17(21)11-5-6-14(13(19)8-11)20(27(22,23)24)15-9-12(18)10(2)7-16(15)25-3/h5-9H,4H2,1-3H3,(H,22,23,24). The average molecular weight is 462 g/mol. The molecule has 0 heterocycles. The van der Waals surface area contributed by atoms with Gasteiger partial charge < -0.3 is 9.47 Å². The third kappa shape index (κ3) is 4.57. The van der Waals surface area contributed by atoms with Crippen LogP contribution >= 0.6 is 15.9 Å². The van der Waals surface area contributed by atoms with E-state index in [-0.39, 0.29) is 23.6 Å². The van der Waals surface area contributed by atoms with E-state index in [9.17, 15) is 22.2 Å². The molecule has 0 unspecified atom stereocenters. The maximum absolute atomic E-state index is 14.7. The Hall–Kier alpha value is -2.17. The Labute approximate surface area is 164 Å². The first-order chi connectivity index (χ1) is 12.6. The van der Waals surface area contributed by atoms with Gasteiger partial charge >= 0.3 is 16.3 Å². The second-order valence-electron chi connectivity index (χ2n) is 5.40. The SMILES string of the molecule is CCOC(=O)c1ccc(N(c2cc(Br)c(C)cc2OC)S(=O)(=O)O)c(F)c1. The Morgan fingerprint density at radius 2 is 1.93 bits per heavy atom. The van der Waals surface area contributed by atoms with Gasteiger partial charge in [-0.15, -0.1) is 0 Å². The summed E-state index contributed by atoms with van der Waals surface area (Å²) in [6.45, 7) is 3.46. The van der Waals surface area contributed by atoms with Gasteiger partial charge in [0.25, 0.3) is 0 Å². The summed E-state index contributed by atoms with van der Waals surface area (Å²) in [6, 6.07) is 6.00. The summed E-state index contributed by atoms with van der Waals surface area (Å²) in [5, 5.41) is 0. The van der Waals surface area contributed by atoms with Gasteiger partial charge in [-0.25, -0.2) is 13.5 Å². The molecule has 7 nitrogen and oxygen atoms in total. The summed E-state index contributed by atoms with van der Waals surface area (Å²) < 4.78 is 59.3. The number of hydrogen-bond donors (Lipinski definition) is 1. The lowest BCUT2D eigenvalue weighted by Gasteiger charge is -2.24. The molecule has 0 radical (unpaired) electrons. The molecule has 0 fully saturated rings. The first kappa shape index (κ1) is 21.1. The highest BCUT2D eigenvalue weighted by atomic mass is 79.9. The molecule has 0 aliphatic rings. The molecule has 1 N–H and O–H groups in total. The molecule has 0 spiro atoms. The molecule has 0 bridgehead atoms. The predicted octanol–water partition coefficient (Wildman–Crippen LogP) is 4.02. The van der Waals surface area contributed by atoms with Crippen molar-refractivity contribution in [1.82, 2.24) is 0 Å². The smallest absolute Gasteiger partial charge is 0.364 e. The lowest BCUT2D eigenvalue weighted by molar-refractivity contribution is 0.0526. The number of benzene rings is 2. The van der Waals surface area contributed by atoms with Gasteiger partial charge in [-0.05, 0) is 49.7 Å². The number of esters is 1. The van der Waals surface area contributed by atoms with Crippen molar-refractivity contribution in [3.05, 3.63) is 51.7 Å². The van der Waals surface area contributed by atoms with Crippen LogP contribution in [0.25, 0.3) is 0 Å². The van der Waals surface area contributed by atoms with Crippen LogP contribution < -0.4 is 9.04 Å². The Balaban J connectivity index is 2.67. The van der Waals surface area contributed by atoms with E-state index in [4.69, 9.17) is 9.47 Å². The minimum absolute atomic E-state index is 0.0922. The van der Waals surface area contributed by atoms with Crippen LogP contribution in [-0.2, 0) is 15.0 Å². The Morgan fingerprint density at radius 1 is 1.26 bits per heavy atom. The highest BCUT2D eigenvalue weighted by Gasteiger charge is 2.29. The van der Waals surface area contributed by atoms with Crippen LogP contribution in [0.1, 0.15) is 22.8 Å². The third-order valence-electron chi connectivity index (χ3n) is 3.59. The number of aryl methyl sites for hydroxylation is 1. The van der Waals surface area contributed by atoms with E-state index in [1.807, 2.05) is 0 Å². The van der Waals surface area contributed by atoms with Crippen molar-refractivity contribution in [2.24, 2.45) is 0 Å². The van der Waals surface area contributed by atoms with Gasteiger partial charge in [0, 0.05) is 4.47 Å².